The molecule has 2 heterocycles. The number of nitrogens with one attached hydrogen (secondary N) is 1. The lowest BCUT2D eigenvalue weighted by Crippen LogP contribution is -2.19. The molecule has 6 heteroatoms. The Hall–Kier alpha value is -2.60. The minimum absolute atomic E-state index is 0.0252. The Morgan fingerprint density at radius 1 is 1.21 bits per heavy atom. The van der Waals surface area contributed by atoms with Gasteiger partial charge in [-0.1, -0.05) is 36.0 Å². The molecule has 1 fully saturated rings. The van der Waals surface area contributed by atoms with Crippen LogP contribution in [-0.2, 0) is 11.3 Å². The van der Waals surface area contributed by atoms with Crippen molar-refractivity contribution in [3.05, 3.63) is 48.0 Å². The van der Waals surface area contributed by atoms with Gasteiger partial charge in [-0.25, -0.2) is 0 Å². The zero-order valence-electron chi connectivity index (χ0n) is 13.2. The summed E-state index contributed by atoms with van der Waals surface area (Å²) in [7, 11) is 0. The van der Waals surface area contributed by atoms with E-state index in [1.807, 2.05) is 6.07 Å². The van der Waals surface area contributed by atoms with E-state index < -0.39 is 0 Å². The summed E-state index contributed by atoms with van der Waals surface area (Å²) in [6.07, 6.45) is 1.72. The van der Waals surface area contributed by atoms with E-state index in [1.54, 1.807) is 6.21 Å². The number of nitrogens with zero attached hydrogens (tertiary/aromatic N) is 3. The lowest BCUT2D eigenvalue weighted by molar-refractivity contribution is -0.116. The minimum atomic E-state index is -0.0252. The Bertz CT molecular complexity index is 1000. The Labute approximate surface area is 143 Å². The van der Waals surface area contributed by atoms with Gasteiger partial charge in [-0.15, -0.1) is 5.10 Å². The van der Waals surface area contributed by atoms with Gasteiger partial charge < -0.3 is 9.88 Å². The fourth-order valence-corrected chi connectivity index (χ4v) is 3.65. The highest BCUT2D eigenvalue weighted by atomic mass is 32.2. The van der Waals surface area contributed by atoms with Gasteiger partial charge in [0.25, 0.3) is 0 Å². The van der Waals surface area contributed by atoms with Gasteiger partial charge in [-0.05, 0) is 30.7 Å². The van der Waals surface area contributed by atoms with Gasteiger partial charge in [0, 0.05) is 28.4 Å². The molecule has 1 amide bonds. The monoisotopic (exact) mass is 336 g/mol. The molecule has 0 aliphatic carbocycles. The van der Waals surface area contributed by atoms with Crippen LogP contribution in [0.1, 0.15) is 12.5 Å². The highest BCUT2D eigenvalue weighted by molar-refractivity contribution is 8.15. The van der Waals surface area contributed by atoms with Gasteiger partial charge in [0.05, 0.1) is 12.0 Å². The van der Waals surface area contributed by atoms with Crippen LogP contribution in [0.3, 0.4) is 0 Å². The first-order chi connectivity index (χ1) is 11.8. The molecule has 0 radical (unpaired) electrons. The van der Waals surface area contributed by atoms with Crippen molar-refractivity contribution in [3.63, 3.8) is 0 Å². The fraction of sp³-hybridized carbons (Fsp3) is 0.167. The van der Waals surface area contributed by atoms with Gasteiger partial charge in [0.2, 0.25) is 5.91 Å². The number of rotatable bonds is 3. The second kappa shape index (κ2) is 6.13. The van der Waals surface area contributed by atoms with Crippen molar-refractivity contribution in [2.45, 2.75) is 13.5 Å². The predicted molar refractivity (Wildman–Crippen MR) is 101 cm³/mol. The molecule has 0 atom stereocenters. The summed E-state index contributed by atoms with van der Waals surface area (Å²) in [6.45, 7) is 3.09. The average molecular weight is 336 g/mol. The van der Waals surface area contributed by atoms with E-state index >= 15 is 0 Å². The third kappa shape index (κ3) is 2.59. The summed E-state index contributed by atoms with van der Waals surface area (Å²) in [4.78, 5) is 11.1. The summed E-state index contributed by atoms with van der Waals surface area (Å²) in [6, 6.07) is 14.7. The molecule has 0 spiro atoms. The molecule has 0 saturated carbocycles. The summed E-state index contributed by atoms with van der Waals surface area (Å²) >= 11 is 1.37. The molecule has 1 N–H and O–H groups in total. The number of benzene rings is 2. The molecule has 0 bridgehead atoms. The molecular formula is C18H16N4OS. The van der Waals surface area contributed by atoms with Crippen LogP contribution < -0.4 is 5.32 Å². The Morgan fingerprint density at radius 2 is 2.04 bits per heavy atom. The third-order valence-corrected chi connectivity index (χ3v) is 4.92. The molecule has 1 aliphatic heterocycles. The van der Waals surface area contributed by atoms with Gasteiger partial charge in [0.1, 0.15) is 0 Å². The molecule has 5 nitrogen and oxygen atoms in total. The first kappa shape index (κ1) is 15.0. The molecule has 3 aromatic rings. The topological polar surface area (TPSA) is 58.8 Å². The lowest BCUT2D eigenvalue weighted by atomic mass is 10.1. The van der Waals surface area contributed by atoms with Crippen molar-refractivity contribution < 1.29 is 4.79 Å². The van der Waals surface area contributed by atoms with Crippen LogP contribution in [0, 0.1) is 0 Å². The molecule has 1 aromatic heterocycles. The first-order valence-corrected chi connectivity index (χ1v) is 8.79. The Balaban J connectivity index is 1.73. The van der Waals surface area contributed by atoms with E-state index in [1.165, 1.54) is 33.6 Å². The third-order valence-electron chi connectivity index (χ3n) is 4.05. The number of amidine groups is 1. The number of amides is 1. The quantitative estimate of drug-likeness (QED) is 0.589. The Morgan fingerprint density at radius 3 is 2.83 bits per heavy atom. The second-order valence-electron chi connectivity index (χ2n) is 5.52. The van der Waals surface area contributed by atoms with E-state index in [0.29, 0.717) is 10.9 Å². The summed E-state index contributed by atoms with van der Waals surface area (Å²) in [5.41, 5.74) is 3.45. The van der Waals surface area contributed by atoms with Crippen LogP contribution >= 0.6 is 11.8 Å². The van der Waals surface area contributed by atoms with Crippen molar-refractivity contribution in [3.8, 4) is 0 Å². The maximum absolute atomic E-state index is 11.1. The second-order valence-corrected chi connectivity index (χ2v) is 6.49. The fourth-order valence-electron chi connectivity index (χ4n) is 3.02. The molecule has 24 heavy (non-hydrogen) atoms. The van der Waals surface area contributed by atoms with Crippen molar-refractivity contribution in [2.24, 2.45) is 10.2 Å². The van der Waals surface area contributed by atoms with Crippen molar-refractivity contribution in [1.82, 2.24) is 9.88 Å². The van der Waals surface area contributed by atoms with Crippen LogP contribution in [0.25, 0.3) is 21.8 Å². The average Bonchev–Trinajstić information content (AvgIpc) is 3.15. The molecule has 2 aromatic carbocycles. The largest absolute Gasteiger partial charge is 0.341 e. The number of carbonyl (C=O) groups is 1. The van der Waals surface area contributed by atoms with E-state index in [9.17, 15) is 4.79 Å². The highest BCUT2D eigenvalue weighted by Crippen LogP contribution is 2.29. The zero-order valence-corrected chi connectivity index (χ0v) is 14.0. The summed E-state index contributed by atoms with van der Waals surface area (Å²) < 4.78 is 2.32. The molecule has 4 rings (SSSR count). The summed E-state index contributed by atoms with van der Waals surface area (Å²) in [5.74, 6) is 0.388. The molecule has 120 valence electrons. The lowest BCUT2D eigenvalue weighted by Gasteiger charge is -2.02. The van der Waals surface area contributed by atoms with Crippen molar-refractivity contribution in [1.29, 1.82) is 0 Å². The Kier molecular flexibility index (Phi) is 3.82. The van der Waals surface area contributed by atoms with Crippen LogP contribution in [0.15, 0.2) is 52.7 Å². The number of fused-ring (bicyclic) bond motifs is 3. The first-order valence-electron chi connectivity index (χ1n) is 7.81. The number of hydrogen-bond donors (Lipinski definition) is 1. The molecular weight excluding hydrogens is 320 g/mol. The van der Waals surface area contributed by atoms with Gasteiger partial charge in [0.15, 0.2) is 5.17 Å². The van der Waals surface area contributed by atoms with E-state index in [4.69, 9.17) is 0 Å². The van der Waals surface area contributed by atoms with E-state index in [-0.39, 0.29) is 5.91 Å². The van der Waals surface area contributed by atoms with Crippen molar-refractivity contribution in [2.75, 3.05) is 5.75 Å². The number of thioether (sulfide) groups is 1. The zero-order chi connectivity index (χ0) is 16.5. The smallest absolute Gasteiger partial charge is 0.236 e. The molecule has 1 aliphatic rings. The highest BCUT2D eigenvalue weighted by Gasteiger charge is 2.16. The van der Waals surface area contributed by atoms with Crippen LogP contribution in [0.2, 0.25) is 0 Å². The van der Waals surface area contributed by atoms with E-state index in [0.717, 1.165) is 12.1 Å². The number of aryl methyl sites for hydroxylation is 1. The number of para-hydroxylation sites is 1. The van der Waals surface area contributed by atoms with Crippen LogP contribution in [0.4, 0.5) is 0 Å². The minimum Gasteiger partial charge on any atom is -0.341 e. The van der Waals surface area contributed by atoms with E-state index in [2.05, 4.69) is 63.4 Å². The summed E-state index contributed by atoms with van der Waals surface area (Å²) in [5, 5.41) is 13.8. The SMILES string of the molecule is CCn1c2ccccc2c2cc(C=NN=C3NC(=O)CS3)ccc21. The number of hydrogen-bond acceptors (Lipinski definition) is 4. The van der Waals surface area contributed by atoms with Crippen LogP contribution in [-0.4, -0.2) is 27.6 Å². The van der Waals surface area contributed by atoms with Crippen molar-refractivity contribution >= 4 is 50.9 Å². The maximum Gasteiger partial charge on any atom is 0.236 e. The van der Waals surface area contributed by atoms with Gasteiger partial charge in [-0.3, -0.25) is 4.79 Å². The standard InChI is InChI=1S/C18H16N4OS/c1-2-22-15-6-4-3-5-13(15)14-9-12(7-8-16(14)22)10-19-21-18-20-17(23)11-24-18/h3-10H,2,11H2,1H3,(H,20,21,23). The van der Waals surface area contributed by atoms with Crippen LogP contribution in [0.5, 0.6) is 0 Å². The number of aromatic nitrogens is 1. The predicted octanol–water partition coefficient (Wildman–Crippen LogP) is 3.37. The molecule has 0 unspecified atom stereocenters. The molecule has 1 saturated heterocycles. The van der Waals surface area contributed by atoms with Gasteiger partial charge in [-0.2, -0.15) is 5.10 Å². The normalized spacial score (nSPS) is 16.7. The number of carbonyl (C=O) groups excluding carboxylic acids is 1. The maximum atomic E-state index is 11.1. The van der Waals surface area contributed by atoms with Gasteiger partial charge >= 0.3 is 0 Å².